The van der Waals surface area contributed by atoms with E-state index in [9.17, 15) is 4.79 Å². The van der Waals surface area contributed by atoms with Crippen molar-refractivity contribution < 1.29 is 4.79 Å². The van der Waals surface area contributed by atoms with Gasteiger partial charge < -0.3 is 10.6 Å². The van der Waals surface area contributed by atoms with Gasteiger partial charge in [-0.25, -0.2) is 0 Å². The number of nitrogens with one attached hydrogen (secondary N) is 2. The molecule has 4 nitrogen and oxygen atoms in total. The average molecular weight is 279 g/mol. The Labute approximate surface area is 123 Å². The van der Waals surface area contributed by atoms with Crippen molar-refractivity contribution in [2.45, 2.75) is 51.0 Å². The van der Waals surface area contributed by atoms with Gasteiger partial charge in [0.05, 0.1) is 6.54 Å². The van der Waals surface area contributed by atoms with Crippen molar-refractivity contribution in [2.75, 3.05) is 33.2 Å². The molecule has 20 heavy (non-hydrogen) atoms. The largest absolute Gasteiger partial charge is 0.355 e. The Hall–Kier alpha value is -0.870. The molecule has 4 heteroatoms. The number of carbonyl (C=O) groups is 1. The number of carbonyl (C=O) groups excluding carboxylic acids is 1. The summed E-state index contributed by atoms with van der Waals surface area (Å²) >= 11 is 0. The number of hydrogen-bond acceptors (Lipinski definition) is 3. The van der Waals surface area contributed by atoms with E-state index in [1.807, 2.05) is 7.05 Å². The van der Waals surface area contributed by atoms with Gasteiger partial charge in [-0.05, 0) is 58.5 Å². The summed E-state index contributed by atoms with van der Waals surface area (Å²) in [6.45, 7) is 3.41. The molecule has 0 radical (unpaired) electrons. The van der Waals surface area contributed by atoms with Gasteiger partial charge in [-0.1, -0.05) is 11.6 Å². The summed E-state index contributed by atoms with van der Waals surface area (Å²) in [5, 5.41) is 6.30. The van der Waals surface area contributed by atoms with Crippen LogP contribution in [-0.4, -0.2) is 50.1 Å². The number of nitrogens with zero attached hydrogens (tertiary/aromatic N) is 1. The third-order valence-electron chi connectivity index (χ3n) is 4.44. The molecule has 2 rings (SSSR count). The molecule has 1 fully saturated rings. The van der Waals surface area contributed by atoms with Crippen LogP contribution in [0.5, 0.6) is 0 Å². The Bertz CT molecular complexity index is 341. The first kappa shape index (κ1) is 15.5. The van der Waals surface area contributed by atoms with Crippen molar-refractivity contribution >= 4 is 5.91 Å². The van der Waals surface area contributed by atoms with Crippen molar-refractivity contribution in [2.24, 2.45) is 0 Å². The van der Waals surface area contributed by atoms with Crippen molar-refractivity contribution in [3.8, 4) is 0 Å². The van der Waals surface area contributed by atoms with Gasteiger partial charge in [0, 0.05) is 19.1 Å². The second-order valence-corrected chi connectivity index (χ2v) is 6.03. The van der Waals surface area contributed by atoms with E-state index in [0.29, 0.717) is 12.6 Å². The molecule has 1 aliphatic carbocycles. The first-order valence-corrected chi connectivity index (χ1v) is 8.13. The SMILES string of the molecule is CNCC1CCCN1CC(=O)NCCC1=CCCCC1. The van der Waals surface area contributed by atoms with Crippen LogP contribution in [0.4, 0.5) is 0 Å². The summed E-state index contributed by atoms with van der Waals surface area (Å²) in [6, 6.07) is 0.534. The minimum absolute atomic E-state index is 0.185. The normalized spacial score (nSPS) is 23.6. The first-order chi connectivity index (χ1) is 9.79. The van der Waals surface area contributed by atoms with Gasteiger partial charge in [0.25, 0.3) is 0 Å². The van der Waals surface area contributed by atoms with Gasteiger partial charge in [0.1, 0.15) is 0 Å². The third kappa shape index (κ3) is 4.91. The minimum Gasteiger partial charge on any atom is -0.355 e. The highest BCUT2D eigenvalue weighted by molar-refractivity contribution is 5.78. The monoisotopic (exact) mass is 279 g/mol. The second kappa shape index (κ2) is 8.42. The maximum absolute atomic E-state index is 12.0. The molecule has 0 aromatic carbocycles. The molecule has 1 heterocycles. The zero-order valence-corrected chi connectivity index (χ0v) is 12.8. The van der Waals surface area contributed by atoms with Crippen LogP contribution >= 0.6 is 0 Å². The summed E-state index contributed by atoms with van der Waals surface area (Å²) < 4.78 is 0. The lowest BCUT2D eigenvalue weighted by molar-refractivity contribution is -0.122. The van der Waals surface area contributed by atoms with E-state index in [2.05, 4.69) is 21.6 Å². The van der Waals surface area contributed by atoms with Crippen LogP contribution in [0.25, 0.3) is 0 Å². The lowest BCUT2D eigenvalue weighted by atomic mass is 9.97. The standard InChI is InChI=1S/C16H29N3O/c1-17-12-15-8-5-11-19(15)13-16(20)18-10-9-14-6-3-2-4-7-14/h6,15,17H,2-5,7-13H2,1H3,(H,18,20). The van der Waals surface area contributed by atoms with E-state index in [-0.39, 0.29) is 5.91 Å². The van der Waals surface area contributed by atoms with Gasteiger partial charge in [-0.2, -0.15) is 0 Å². The van der Waals surface area contributed by atoms with E-state index in [4.69, 9.17) is 0 Å². The molecular formula is C16H29N3O. The Kier molecular flexibility index (Phi) is 6.54. The number of hydrogen-bond donors (Lipinski definition) is 2. The smallest absolute Gasteiger partial charge is 0.234 e. The molecule has 1 amide bonds. The highest BCUT2D eigenvalue weighted by atomic mass is 16.2. The van der Waals surface area contributed by atoms with Crippen molar-refractivity contribution in [1.29, 1.82) is 0 Å². The number of amides is 1. The molecule has 0 aromatic rings. The predicted octanol–water partition coefficient (Wildman–Crippen LogP) is 1.68. The summed E-state index contributed by atoms with van der Waals surface area (Å²) in [6.07, 6.45) is 10.9. The molecule has 0 spiro atoms. The molecule has 0 bridgehead atoms. The van der Waals surface area contributed by atoms with Crippen LogP contribution in [0.2, 0.25) is 0 Å². The average Bonchev–Trinajstić information content (AvgIpc) is 2.88. The number of rotatable bonds is 7. The van der Waals surface area contributed by atoms with Gasteiger partial charge in [0.2, 0.25) is 5.91 Å². The summed E-state index contributed by atoms with van der Waals surface area (Å²) in [4.78, 5) is 14.3. The molecule has 1 atom stereocenters. The van der Waals surface area contributed by atoms with E-state index in [0.717, 1.165) is 26.1 Å². The second-order valence-electron chi connectivity index (χ2n) is 6.03. The van der Waals surface area contributed by atoms with Gasteiger partial charge in [0.15, 0.2) is 0 Å². The maximum Gasteiger partial charge on any atom is 0.234 e. The molecule has 2 N–H and O–H groups in total. The van der Waals surface area contributed by atoms with Crippen LogP contribution in [0.15, 0.2) is 11.6 Å². The minimum atomic E-state index is 0.185. The van der Waals surface area contributed by atoms with Crippen LogP contribution in [0.1, 0.15) is 44.9 Å². The third-order valence-corrected chi connectivity index (χ3v) is 4.44. The van der Waals surface area contributed by atoms with Gasteiger partial charge in [-0.3, -0.25) is 9.69 Å². The molecule has 1 aliphatic heterocycles. The Morgan fingerprint density at radius 1 is 1.40 bits per heavy atom. The van der Waals surface area contributed by atoms with Crippen molar-refractivity contribution in [1.82, 2.24) is 15.5 Å². The highest BCUT2D eigenvalue weighted by Gasteiger charge is 2.25. The fourth-order valence-electron chi connectivity index (χ4n) is 3.30. The first-order valence-electron chi connectivity index (χ1n) is 8.13. The maximum atomic E-state index is 12.0. The lowest BCUT2D eigenvalue weighted by Crippen LogP contribution is -2.43. The molecule has 2 aliphatic rings. The lowest BCUT2D eigenvalue weighted by Gasteiger charge is -2.23. The molecule has 114 valence electrons. The fraction of sp³-hybridized carbons (Fsp3) is 0.812. The Balaban J connectivity index is 1.63. The van der Waals surface area contributed by atoms with E-state index in [1.165, 1.54) is 44.1 Å². The number of allylic oxidation sites excluding steroid dienone is 1. The Morgan fingerprint density at radius 2 is 2.30 bits per heavy atom. The summed E-state index contributed by atoms with van der Waals surface area (Å²) in [5.74, 6) is 0.185. The van der Waals surface area contributed by atoms with Crippen LogP contribution in [0, 0.1) is 0 Å². The van der Waals surface area contributed by atoms with Crippen LogP contribution in [0.3, 0.4) is 0 Å². The number of likely N-dealkylation sites (N-methyl/N-ethyl adjacent to an activating group) is 1. The molecule has 1 saturated heterocycles. The van der Waals surface area contributed by atoms with Crippen molar-refractivity contribution in [3.05, 3.63) is 11.6 Å². The topological polar surface area (TPSA) is 44.4 Å². The highest BCUT2D eigenvalue weighted by Crippen LogP contribution is 2.19. The zero-order valence-electron chi connectivity index (χ0n) is 12.8. The molecule has 1 unspecified atom stereocenters. The zero-order chi connectivity index (χ0) is 14.2. The predicted molar refractivity (Wildman–Crippen MR) is 82.7 cm³/mol. The molecule has 0 aromatic heterocycles. The van der Waals surface area contributed by atoms with Gasteiger partial charge in [-0.15, -0.1) is 0 Å². The van der Waals surface area contributed by atoms with E-state index in [1.54, 1.807) is 0 Å². The van der Waals surface area contributed by atoms with Crippen molar-refractivity contribution in [3.63, 3.8) is 0 Å². The molecule has 0 saturated carbocycles. The summed E-state index contributed by atoms with van der Waals surface area (Å²) in [7, 11) is 1.98. The van der Waals surface area contributed by atoms with Crippen LogP contribution < -0.4 is 10.6 Å². The molecular weight excluding hydrogens is 250 g/mol. The summed E-state index contributed by atoms with van der Waals surface area (Å²) in [5.41, 5.74) is 1.53. The Morgan fingerprint density at radius 3 is 3.05 bits per heavy atom. The van der Waals surface area contributed by atoms with Crippen LogP contribution in [-0.2, 0) is 4.79 Å². The van der Waals surface area contributed by atoms with Gasteiger partial charge >= 0.3 is 0 Å². The van der Waals surface area contributed by atoms with E-state index < -0.39 is 0 Å². The van der Waals surface area contributed by atoms with E-state index >= 15 is 0 Å². The number of likely N-dealkylation sites (tertiary alicyclic amines) is 1. The quantitative estimate of drug-likeness (QED) is 0.697. The fourth-order valence-corrected chi connectivity index (χ4v) is 3.30.